The van der Waals surface area contributed by atoms with Crippen LogP contribution in [-0.4, -0.2) is 0 Å². The van der Waals surface area contributed by atoms with Gasteiger partial charge in [-0.25, -0.2) is 0 Å². The Morgan fingerprint density at radius 3 is 2.28 bits per heavy atom. The lowest BCUT2D eigenvalue weighted by Crippen LogP contribution is -2.08. The highest BCUT2D eigenvalue weighted by Crippen LogP contribution is 2.39. The lowest BCUT2D eigenvalue weighted by atomic mass is 9.97. The van der Waals surface area contributed by atoms with Crippen molar-refractivity contribution in [1.82, 2.24) is 0 Å². The molecule has 128 valence electrons. The number of rotatable bonds is 4. The van der Waals surface area contributed by atoms with Gasteiger partial charge in [-0.3, -0.25) is 0 Å². The predicted molar refractivity (Wildman–Crippen MR) is 92.4 cm³/mol. The second kappa shape index (κ2) is 7.01. The molecule has 1 nitrogen and oxygen atoms in total. The quantitative estimate of drug-likeness (QED) is 0.544. The number of aryl methyl sites for hydroxylation is 1. The van der Waals surface area contributed by atoms with E-state index in [-0.39, 0.29) is 17.9 Å². The second-order valence-electron chi connectivity index (χ2n) is 5.85. The molecule has 3 aromatic rings. The Kier molecular flexibility index (Phi) is 4.79. The lowest BCUT2D eigenvalue weighted by Gasteiger charge is -2.16. The van der Waals surface area contributed by atoms with Crippen molar-refractivity contribution >= 4 is 0 Å². The van der Waals surface area contributed by atoms with E-state index in [1.807, 2.05) is 43.3 Å². The van der Waals surface area contributed by atoms with E-state index in [9.17, 15) is 13.2 Å². The number of halogens is 3. The molecule has 4 heteroatoms. The van der Waals surface area contributed by atoms with Gasteiger partial charge in [-0.15, -0.1) is 0 Å². The maximum absolute atomic E-state index is 13.5. The molecule has 0 bridgehead atoms. The zero-order valence-electron chi connectivity index (χ0n) is 13.7. The van der Waals surface area contributed by atoms with Gasteiger partial charge in [0.25, 0.3) is 0 Å². The maximum atomic E-state index is 13.5. The summed E-state index contributed by atoms with van der Waals surface area (Å²) in [5, 5.41) is 0. The summed E-state index contributed by atoms with van der Waals surface area (Å²) in [7, 11) is 0. The molecule has 0 heterocycles. The van der Waals surface area contributed by atoms with Crippen LogP contribution in [0.1, 0.15) is 16.7 Å². The first kappa shape index (κ1) is 17.1. The summed E-state index contributed by atoms with van der Waals surface area (Å²) in [6, 6.07) is 20.5. The third-order valence-electron chi connectivity index (χ3n) is 3.87. The number of alkyl halides is 3. The highest BCUT2D eigenvalue weighted by atomic mass is 19.4. The van der Waals surface area contributed by atoms with E-state index in [0.717, 1.165) is 17.2 Å². The van der Waals surface area contributed by atoms with Gasteiger partial charge in [0, 0.05) is 0 Å². The average molecular weight is 342 g/mol. The summed E-state index contributed by atoms with van der Waals surface area (Å²) in [5.74, 6) is 0.201. The van der Waals surface area contributed by atoms with Gasteiger partial charge in [-0.05, 0) is 35.7 Å². The molecule has 3 rings (SSSR count). The first-order chi connectivity index (χ1) is 11.9. The van der Waals surface area contributed by atoms with Crippen molar-refractivity contribution in [3.05, 3.63) is 89.5 Å². The van der Waals surface area contributed by atoms with Crippen LogP contribution >= 0.6 is 0 Å². The Balaban J connectivity index is 1.93. The van der Waals surface area contributed by atoms with Crippen molar-refractivity contribution < 1.29 is 17.9 Å². The van der Waals surface area contributed by atoms with Gasteiger partial charge >= 0.3 is 6.18 Å². The zero-order valence-corrected chi connectivity index (χ0v) is 13.7. The predicted octanol–water partition coefficient (Wildman–Crippen LogP) is 6.26. The smallest absolute Gasteiger partial charge is 0.417 e. The highest BCUT2D eigenvalue weighted by molar-refractivity contribution is 5.69. The van der Waals surface area contributed by atoms with E-state index in [1.165, 1.54) is 6.07 Å². The lowest BCUT2D eigenvalue weighted by molar-refractivity contribution is -0.137. The Morgan fingerprint density at radius 2 is 1.60 bits per heavy atom. The average Bonchev–Trinajstić information content (AvgIpc) is 2.60. The van der Waals surface area contributed by atoms with Gasteiger partial charge < -0.3 is 4.74 Å². The normalized spacial score (nSPS) is 11.4. The van der Waals surface area contributed by atoms with Crippen LogP contribution in [0.2, 0.25) is 0 Å². The monoisotopic (exact) mass is 342 g/mol. The molecule has 0 N–H and O–H groups in total. The molecule has 0 saturated carbocycles. The molecule has 0 radical (unpaired) electrons. The van der Waals surface area contributed by atoms with Crippen LogP contribution in [0.3, 0.4) is 0 Å². The summed E-state index contributed by atoms with van der Waals surface area (Å²) < 4.78 is 46.1. The fourth-order valence-corrected chi connectivity index (χ4v) is 2.65. The minimum Gasteiger partial charge on any atom is -0.489 e. The van der Waals surface area contributed by atoms with Crippen LogP contribution in [0.15, 0.2) is 72.8 Å². The number of hydrogen-bond donors (Lipinski definition) is 0. The van der Waals surface area contributed by atoms with Crippen LogP contribution in [-0.2, 0) is 12.8 Å². The van der Waals surface area contributed by atoms with E-state index < -0.39 is 11.7 Å². The van der Waals surface area contributed by atoms with Crippen molar-refractivity contribution in [3.63, 3.8) is 0 Å². The van der Waals surface area contributed by atoms with Gasteiger partial charge in [0.2, 0.25) is 0 Å². The van der Waals surface area contributed by atoms with Crippen LogP contribution in [0, 0.1) is 6.92 Å². The molecule has 0 unspecified atom stereocenters. The molecule has 3 aromatic carbocycles. The largest absolute Gasteiger partial charge is 0.489 e. The molecule has 0 atom stereocenters. The number of hydrogen-bond acceptors (Lipinski definition) is 1. The fraction of sp³-hybridized carbons (Fsp3) is 0.143. The number of ether oxygens (including phenoxy) is 1. The van der Waals surface area contributed by atoms with Crippen molar-refractivity contribution in [2.45, 2.75) is 19.7 Å². The van der Waals surface area contributed by atoms with Gasteiger partial charge in [-0.1, -0.05) is 66.2 Å². The zero-order chi connectivity index (χ0) is 17.9. The molecule has 0 amide bonds. The molecular weight excluding hydrogens is 325 g/mol. The molecule has 0 spiro atoms. The van der Waals surface area contributed by atoms with Crippen molar-refractivity contribution in [2.24, 2.45) is 0 Å². The summed E-state index contributed by atoms with van der Waals surface area (Å²) in [5.41, 5.74) is 1.82. The highest BCUT2D eigenvalue weighted by Gasteiger charge is 2.34. The molecule has 0 aliphatic carbocycles. The van der Waals surface area contributed by atoms with E-state index >= 15 is 0 Å². The van der Waals surface area contributed by atoms with Crippen LogP contribution < -0.4 is 4.74 Å². The van der Waals surface area contributed by atoms with E-state index in [0.29, 0.717) is 5.56 Å². The molecule has 25 heavy (non-hydrogen) atoms. The minimum absolute atomic E-state index is 0.156. The molecule has 0 aliphatic rings. The first-order valence-corrected chi connectivity index (χ1v) is 7.88. The summed E-state index contributed by atoms with van der Waals surface area (Å²) >= 11 is 0. The Hall–Kier alpha value is -2.75. The molecule has 0 fully saturated rings. The second-order valence-corrected chi connectivity index (χ2v) is 5.85. The van der Waals surface area contributed by atoms with Crippen molar-refractivity contribution in [3.8, 4) is 16.9 Å². The topological polar surface area (TPSA) is 9.23 Å². The SMILES string of the molecule is Cc1cccc(-c2ccc(OCc3ccccc3)cc2C(F)(F)F)c1. The van der Waals surface area contributed by atoms with Gasteiger partial charge in [0.05, 0.1) is 5.56 Å². The molecule has 0 aliphatic heterocycles. The standard InChI is InChI=1S/C21H17F3O/c1-15-6-5-9-17(12-15)19-11-10-18(13-20(19)21(22,23)24)25-14-16-7-3-2-4-8-16/h2-13H,14H2,1H3. The van der Waals surface area contributed by atoms with Crippen LogP contribution in [0.5, 0.6) is 5.75 Å². The first-order valence-electron chi connectivity index (χ1n) is 7.88. The summed E-state index contributed by atoms with van der Waals surface area (Å²) in [4.78, 5) is 0. The summed E-state index contributed by atoms with van der Waals surface area (Å²) in [6.45, 7) is 2.08. The van der Waals surface area contributed by atoms with Crippen molar-refractivity contribution in [1.29, 1.82) is 0 Å². The Morgan fingerprint density at radius 1 is 0.840 bits per heavy atom. The Labute approximate surface area is 144 Å². The fourth-order valence-electron chi connectivity index (χ4n) is 2.65. The van der Waals surface area contributed by atoms with Gasteiger partial charge in [0.15, 0.2) is 0 Å². The van der Waals surface area contributed by atoms with Gasteiger partial charge in [0.1, 0.15) is 12.4 Å². The summed E-state index contributed by atoms with van der Waals surface area (Å²) in [6.07, 6.45) is -4.45. The molecular formula is C21H17F3O. The van der Waals surface area contributed by atoms with E-state index in [1.54, 1.807) is 24.3 Å². The van der Waals surface area contributed by atoms with Crippen LogP contribution in [0.25, 0.3) is 11.1 Å². The maximum Gasteiger partial charge on any atom is 0.417 e. The van der Waals surface area contributed by atoms with E-state index in [2.05, 4.69) is 0 Å². The van der Waals surface area contributed by atoms with Gasteiger partial charge in [-0.2, -0.15) is 13.2 Å². The van der Waals surface area contributed by atoms with Crippen LogP contribution in [0.4, 0.5) is 13.2 Å². The van der Waals surface area contributed by atoms with Crippen molar-refractivity contribution in [2.75, 3.05) is 0 Å². The number of benzene rings is 3. The Bertz CT molecular complexity index is 855. The molecule has 0 aromatic heterocycles. The van der Waals surface area contributed by atoms with E-state index in [4.69, 9.17) is 4.74 Å². The third kappa shape index (κ3) is 4.21. The third-order valence-corrected chi connectivity index (χ3v) is 3.87. The minimum atomic E-state index is -4.45. The molecule has 0 saturated heterocycles.